The molecule has 0 radical (unpaired) electrons. The summed E-state index contributed by atoms with van der Waals surface area (Å²) in [5.74, 6) is -0.547. The monoisotopic (exact) mass is 354 g/mol. The molecular weight excluding hydrogens is 336 g/mol. The highest BCUT2D eigenvalue weighted by Crippen LogP contribution is 2.17. The summed E-state index contributed by atoms with van der Waals surface area (Å²) in [6.07, 6.45) is 4.83. The molecule has 3 rings (SSSR count). The summed E-state index contributed by atoms with van der Waals surface area (Å²) < 4.78 is 2.82. The third kappa shape index (κ3) is 3.94. The number of nitrogens with one attached hydrogen (secondary N) is 2. The van der Waals surface area contributed by atoms with Crippen molar-refractivity contribution < 1.29 is 4.79 Å². The molecule has 0 aliphatic carbocycles. The average Bonchev–Trinajstić information content (AvgIpc) is 3.15. The van der Waals surface area contributed by atoms with Gasteiger partial charge < -0.3 is 9.88 Å². The van der Waals surface area contributed by atoms with Gasteiger partial charge in [-0.1, -0.05) is 30.3 Å². The zero-order valence-electron chi connectivity index (χ0n) is 14.1. The highest BCUT2D eigenvalue weighted by atomic mass is 16.2. The average molecular weight is 354 g/mol. The summed E-state index contributed by atoms with van der Waals surface area (Å²) in [4.78, 5) is 42.0. The fraction of sp³-hybridized carbons (Fsp3) is 0.235. The molecule has 0 bridgehead atoms. The van der Waals surface area contributed by atoms with Crippen LogP contribution in [0.4, 0.5) is 0 Å². The fourth-order valence-electron chi connectivity index (χ4n) is 2.58. The molecule has 26 heavy (non-hydrogen) atoms. The number of rotatable bonds is 6. The van der Waals surface area contributed by atoms with Gasteiger partial charge in [0, 0.05) is 19.8 Å². The molecule has 2 N–H and O–H groups in total. The van der Waals surface area contributed by atoms with Crippen molar-refractivity contribution >= 4 is 5.91 Å². The van der Waals surface area contributed by atoms with Crippen LogP contribution in [-0.2, 0) is 13.6 Å². The molecule has 0 aliphatic heterocycles. The largest absolute Gasteiger partial charge is 0.345 e. The van der Waals surface area contributed by atoms with E-state index in [2.05, 4.69) is 20.4 Å². The Morgan fingerprint density at radius 2 is 2.04 bits per heavy atom. The zero-order chi connectivity index (χ0) is 18.5. The molecule has 134 valence electrons. The summed E-state index contributed by atoms with van der Waals surface area (Å²) in [5, 5.41) is 6.92. The van der Waals surface area contributed by atoms with Crippen LogP contribution >= 0.6 is 0 Å². The van der Waals surface area contributed by atoms with E-state index in [9.17, 15) is 14.4 Å². The van der Waals surface area contributed by atoms with Gasteiger partial charge in [0.05, 0.1) is 6.04 Å². The molecule has 3 aromatic rings. The number of H-pyrrole nitrogens is 1. The SMILES string of the molecule is Cn1cc(C(=O)N[C@H](CCn2cncn2)c2ccccc2)c(=O)[nH]c1=O. The Morgan fingerprint density at radius 1 is 1.27 bits per heavy atom. The predicted octanol–water partition coefficient (Wildman–Crippen LogP) is 0.226. The number of benzene rings is 1. The van der Waals surface area contributed by atoms with Crippen LogP contribution in [0.15, 0.2) is 58.8 Å². The smallest absolute Gasteiger partial charge is 0.328 e. The molecule has 0 saturated carbocycles. The van der Waals surface area contributed by atoms with Crippen LogP contribution < -0.4 is 16.6 Å². The minimum absolute atomic E-state index is 0.117. The zero-order valence-corrected chi connectivity index (χ0v) is 14.1. The van der Waals surface area contributed by atoms with Gasteiger partial charge in [0.25, 0.3) is 11.5 Å². The Morgan fingerprint density at radius 3 is 2.73 bits per heavy atom. The number of aryl methyl sites for hydroxylation is 2. The Bertz CT molecular complexity index is 991. The maximum atomic E-state index is 12.6. The van der Waals surface area contributed by atoms with E-state index in [1.807, 2.05) is 30.3 Å². The molecule has 1 amide bonds. The maximum absolute atomic E-state index is 12.6. The summed E-state index contributed by atoms with van der Waals surface area (Å²) in [6, 6.07) is 9.11. The van der Waals surface area contributed by atoms with Crippen molar-refractivity contribution in [1.82, 2.24) is 29.6 Å². The van der Waals surface area contributed by atoms with Crippen LogP contribution in [-0.4, -0.2) is 30.2 Å². The van der Waals surface area contributed by atoms with Crippen molar-refractivity contribution in [1.29, 1.82) is 0 Å². The third-order valence-corrected chi connectivity index (χ3v) is 3.97. The van der Waals surface area contributed by atoms with Crippen molar-refractivity contribution in [2.45, 2.75) is 19.0 Å². The first kappa shape index (κ1) is 17.3. The van der Waals surface area contributed by atoms with Crippen molar-refractivity contribution in [2.24, 2.45) is 7.05 Å². The number of aromatic amines is 1. The van der Waals surface area contributed by atoms with Gasteiger partial charge in [0.1, 0.15) is 18.2 Å². The van der Waals surface area contributed by atoms with Crippen LogP contribution in [0.25, 0.3) is 0 Å². The first-order valence-electron chi connectivity index (χ1n) is 8.03. The molecule has 0 spiro atoms. The van der Waals surface area contributed by atoms with E-state index in [0.29, 0.717) is 13.0 Å². The number of carbonyl (C=O) groups excluding carboxylic acids is 1. The lowest BCUT2D eigenvalue weighted by Crippen LogP contribution is -2.37. The van der Waals surface area contributed by atoms with Crippen LogP contribution in [0.3, 0.4) is 0 Å². The summed E-state index contributed by atoms with van der Waals surface area (Å²) in [7, 11) is 1.47. The predicted molar refractivity (Wildman–Crippen MR) is 93.6 cm³/mol. The van der Waals surface area contributed by atoms with Gasteiger partial charge in [-0.25, -0.2) is 9.78 Å². The van der Waals surface area contributed by atoms with Crippen molar-refractivity contribution in [3.05, 3.63) is 81.1 Å². The lowest BCUT2D eigenvalue weighted by molar-refractivity contribution is 0.0930. The molecule has 9 heteroatoms. The van der Waals surface area contributed by atoms with E-state index in [1.54, 1.807) is 11.0 Å². The fourth-order valence-corrected chi connectivity index (χ4v) is 2.58. The quantitative estimate of drug-likeness (QED) is 0.657. The number of aromatic nitrogens is 5. The first-order chi connectivity index (χ1) is 12.5. The Labute approximate surface area is 148 Å². The van der Waals surface area contributed by atoms with Crippen molar-refractivity contribution in [3.8, 4) is 0 Å². The minimum Gasteiger partial charge on any atom is -0.345 e. The van der Waals surface area contributed by atoms with Crippen LogP contribution in [0, 0.1) is 0 Å². The molecule has 2 heterocycles. The van der Waals surface area contributed by atoms with Crippen LogP contribution in [0.2, 0.25) is 0 Å². The van der Waals surface area contributed by atoms with E-state index >= 15 is 0 Å². The standard InChI is InChI=1S/C17H18N6O3/c1-22-9-13(16(25)21-17(22)26)15(24)20-14(12-5-3-2-4-6-12)7-8-23-11-18-10-19-23/h2-6,9-11,14H,7-8H2,1H3,(H,20,24)(H,21,25,26)/t14-/m1/s1. The van der Waals surface area contributed by atoms with Crippen LogP contribution in [0.5, 0.6) is 0 Å². The molecule has 0 unspecified atom stereocenters. The number of hydrogen-bond donors (Lipinski definition) is 2. The molecule has 2 aromatic heterocycles. The number of nitrogens with zero attached hydrogens (tertiary/aromatic N) is 4. The van der Waals surface area contributed by atoms with E-state index in [4.69, 9.17) is 0 Å². The molecule has 0 saturated heterocycles. The Kier molecular flexibility index (Phi) is 5.07. The molecule has 9 nitrogen and oxygen atoms in total. The molecule has 0 aliphatic rings. The molecule has 1 aromatic carbocycles. The lowest BCUT2D eigenvalue weighted by Gasteiger charge is -2.19. The molecular formula is C17H18N6O3. The highest BCUT2D eigenvalue weighted by molar-refractivity contribution is 5.93. The van der Waals surface area contributed by atoms with Crippen molar-refractivity contribution in [3.63, 3.8) is 0 Å². The van der Waals surface area contributed by atoms with E-state index in [0.717, 1.165) is 10.1 Å². The Balaban J connectivity index is 1.83. The summed E-state index contributed by atoms with van der Waals surface area (Å²) in [6.45, 7) is 0.545. The van der Waals surface area contributed by atoms with E-state index in [-0.39, 0.29) is 11.6 Å². The second-order valence-corrected chi connectivity index (χ2v) is 5.80. The molecule has 1 atom stereocenters. The minimum atomic E-state index is -0.714. The number of carbonyl (C=O) groups is 1. The second kappa shape index (κ2) is 7.60. The van der Waals surface area contributed by atoms with Gasteiger partial charge in [0.2, 0.25) is 0 Å². The lowest BCUT2D eigenvalue weighted by atomic mass is 10.0. The highest BCUT2D eigenvalue weighted by Gasteiger charge is 2.19. The number of amides is 1. The summed E-state index contributed by atoms with van der Waals surface area (Å²) >= 11 is 0. The second-order valence-electron chi connectivity index (χ2n) is 5.80. The maximum Gasteiger partial charge on any atom is 0.328 e. The van der Waals surface area contributed by atoms with Gasteiger partial charge >= 0.3 is 5.69 Å². The van der Waals surface area contributed by atoms with Crippen LogP contribution in [0.1, 0.15) is 28.4 Å². The number of hydrogen-bond acceptors (Lipinski definition) is 5. The van der Waals surface area contributed by atoms with Gasteiger partial charge in [-0.2, -0.15) is 5.10 Å². The van der Waals surface area contributed by atoms with E-state index in [1.165, 1.54) is 19.6 Å². The van der Waals surface area contributed by atoms with Gasteiger partial charge in [-0.05, 0) is 12.0 Å². The first-order valence-corrected chi connectivity index (χ1v) is 8.03. The van der Waals surface area contributed by atoms with E-state index < -0.39 is 17.2 Å². The topological polar surface area (TPSA) is 115 Å². The van der Waals surface area contributed by atoms with Crippen molar-refractivity contribution in [2.75, 3.05) is 0 Å². The van der Waals surface area contributed by atoms with Gasteiger partial charge in [-0.15, -0.1) is 0 Å². The van der Waals surface area contributed by atoms with Gasteiger partial charge in [0.15, 0.2) is 0 Å². The third-order valence-electron chi connectivity index (χ3n) is 3.97. The Hall–Kier alpha value is -3.49. The van der Waals surface area contributed by atoms with Gasteiger partial charge in [-0.3, -0.25) is 19.3 Å². The molecule has 0 fully saturated rings. The summed E-state index contributed by atoms with van der Waals surface area (Å²) in [5.41, 5.74) is -0.498. The normalized spacial score (nSPS) is 11.9.